The van der Waals surface area contributed by atoms with E-state index in [2.05, 4.69) is 19.2 Å². The van der Waals surface area contributed by atoms with Crippen molar-refractivity contribution < 1.29 is 14.2 Å². The monoisotopic (exact) mass is 267 g/mol. The highest BCUT2D eigenvalue weighted by molar-refractivity contribution is 5.45. The predicted molar refractivity (Wildman–Crippen MR) is 73.7 cm³/mol. The molecule has 1 aliphatic rings. The maximum atomic E-state index is 12.9. The molecule has 2 rings (SSSR count). The van der Waals surface area contributed by atoms with Crippen molar-refractivity contribution in [2.75, 3.05) is 18.5 Å². The number of hydrogen-bond donors (Lipinski definition) is 2. The average Bonchev–Trinajstić information content (AvgIpc) is 2.42. The smallest absolute Gasteiger partial charge is 0.123 e. The number of benzene rings is 1. The SMILES string of the molecule is CC(C)C1CC(CO)(Nc2ccc(F)cc2)CCO1. The predicted octanol–water partition coefficient (Wildman–Crippen LogP) is 2.80. The van der Waals surface area contributed by atoms with Crippen LogP contribution in [0.2, 0.25) is 0 Å². The Bertz CT molecular complexity index is 407. The fourth-order valence-electron chi connectivity index (χ4n) is 2.52. The van der Waals surface area contributed by atoms with Gasteiger partial charge in [-0.25, -0.2) is 4.39 Å². The Morgan fingerprint density at radius 3 is 2.68 bits per heavy atom. The van der Waals surface area contributed by atoms with Crippen LogP contribution in [0, 0.1) is 11.7 Å². The summed E-state index contributed by atoms with van der Waals surface area (Å²) in [5.41, 5.74) is 0.463. The lowest BCUT2D eigenvalue weighted by Gasteiger charge is -2.42. The van der Waals surface area contributed by atoms with Crippen LogP contribution in [0.5, 0.6) is 0 Å². The van der Waals surface area contributed by atoms with E-state index in [1.54, 1.807) is 12.1 Å². The van der Waals surface area contributed by atoms with E-state index in [1.807, 2.05) is 0 Å². The van der Waals surface area contributed by atoms with Gasteiger partial charge in [0.2, 0.25) is 0 Å². The van der Waals surface area contributed by atoms with E-state index >= 15 is 0 Å². The molecule has 0 aliphatic carbocycles. The second kappa shape index (κ2) is 5.88. The molecule has 1 fully saturated rings. The van der Waals surface area contributed by atoms with Gasteiger partial charge in [0, 0.05) is 12.3 Å². The summed E-state index contributed by atoms with van der Waals surface area (Å²) in [6.07, 6.45) is 1.66. The van der Waals surface area contributed by atoms with Crippen LogP contribution in [0.3, 0.4) is 0 Å². The van der Waals surface area contributed by atoms with E-state index in [-0.39, 0.29) is 24.1 Å². The minimum atomic E-state index is -0.370. The zero-order valence-electron chi connectivity index (χ0n) is 11.5. The maximum absolute atomic E-state index is 12.9. The van der Waals surface area contributed by atoms with Crippen molar-refractivity contribution in [3.8, 4) is 0 Å². The first-order chi connectivity index (χ1) is 9.04. The summed E-state index contributed by atoms with van der Waals surface area (Å²) in [7, 11) is 0. The molecule has 1 aromatic carbocycles. The molecule has 1 aliphatic heterocycles. The molecular weight excluding hydrogens is 245 g/mol. The minimum absolute atomic E-state index is 0.0525. The van der Waals surface area contributed by atoms with E-state index in [9.17, 15) is 9.50 Å². The fourth-order valence-corrected chi connectivity index (χ4v) is 2.52. The molecule has 0 spiro atoms. The van der Waals surface area contributed by atoms with E-state index in [1.165, 1.54) is 12.1 Å². The Balaban J connectivity index is 2.11. The average molecular weight is 267 g/mol. The number of aliphatic hydroxyl groups excluding tert-OH is 1. The summed E-state index contributed by atoms with van der Waals surface area (Å²) in [5, 5.41) is 13.1. The third-order valence-electron chi connectivity index (χ3n) is 3.80. The minimum Gasteiger partial charge on any atom is -0.394 e. The number of nitrogens with one attached hydrogen (secondary N) is 1. The lowest BCUT2D eigenvalue weighted by atomic mass is 9.83. The van der Waals surface area contributed by atoms with Crippen LogP contribution in [0.4, 0.5) is 10.1 Å². The highest BCUT2D eigenvalue weighted by atomic mass is 19.1. The summed E-state index contributed by atoms with van der Waals surface area (Å²) in [5.74, 6) is 0.164. The van der Waals surface area contributed by atoms with E-state index in [0.717, 1.165) is 18.5 Å². The number of hydrogen-bond acceptors (Lipinski definition) is 3. The Kier molecular flexibility index (Phi) is 4.42. The van der Waals surface area contributed by atoms with Gasteiger partial charge in [0.1, 0.15) is 5.82 Å². The summed E-state index contributed by atoms with van der Waals surface area (Å²) in [4.78, 5) is 0. The van der Waals surface area contributed by atoms with Crippen molar-refractivity contribution in [1.29, 1.82) is 0 Å². The van der Waals surface area contributed by atoms with Gasteiger partial charge < -0.3 is 15.2 Å². The lowest BCUT2D eigenvalue weighted by molar-refractivity contribution is -0.0481. The van der Waals surface area contributed by atoms with Crippen LogP contribution < -0.4 is 5.32 Å². The molecule has 2 N–H and O–H groups in total. The molecule has 1 heterocycles. The number of anilines is 1. The van der Waals surface area contributed by atoms with Crippen molar-refractivity contribution in [1.82, 2.24) is 0 Å². The topological polar surface area (TPSA) is 41.5 Å². The van der Waals surface area contributed by atoms with Gasteiger partial charge in [-0.2, -0.15) is 0 Å². The lowest BCUT2D eigenvalue weighted by Crippen LogP contribution is -2.51. The van der Waals surface area contributed by atoms with Gasteiger partial charge in [0.15, 0.2) is 0 Å². The highest BCUT2D eigenvalue weighted by Crippen LogP contribution is 2.31. The zero-order valence-corrected chi connectivity index (χ0v) is 11.5. The number of aliphatic hydroxyl groups is 1. The highest BCUT2D eigenvalue weighted by Gasteiger charge is 2.37. The molecule has 4 heteroatoms. The zero-order chi connectivity index (χ0) is 13.9. The van der Waals surface area contributed by atoms with Crippen molar-refractivity contribution in [2.45, 2.75) is 38.3 Å². The van der Waals surface area contributed by atoms with Gasteiger partial charge >= 0.3 is 0 Å². The van der Waals surface area contributed by atoms with Gasteiger partial charge in [-0.3, -0.25) is 0 Å². The standard InChI is InChI=1S/C15H22FNO2/c1-11(2)14-9-15(10-18,7-8-19-14)17-13-5-3-12(16)4-6-13/h3-6,11,14,17-18H,7-10H2,1-2H3. The molecule has 3 nitrogen and oxygen atoms in total. The molecule has 0 saturated carbocycles. The van der Waals surface area contributed by atoms with Crippen molar-refractivity contribution in [3.63, 3.8) is 0 Å². The first kappa shape index (κ1) is 14.3. The van der Waals surface area contributed by atoms with Crippen molar-refractivity contribution >= 4 is 5.69 Å². The van der Waals surface area contributed by atoms with Crippen LogP contribution in [0.1, 0.15) is 26.7 Å². The molecular formula is C15H22FNO2. The number of ether oxygens (including phenoxy) is 1. The van der Waals surface area contributed by atoms with Crippen LogP contribution in [0.25, 0.3) is 0 Å². The van der Waals surface area contributed by atoms with Crippen LogP contribution >= 0.6 is 0 Å². The van der Waals surface area contributed by atoms with Crippen molar-refractivity contribution in [2.24, 2.45) is 5.92 Å². The Morgan fingerprint density at radius 2 is 2.11 bits per heavy atom. The van der Waals surface area contributed by atoms with Crippen LogP contribution in [-0.4, -0.2) is 30.0 Å². The molecule has 0 radical (unpaired) electrons. The van der Waals surface area contributed by atoms with Gasteiger partial charge in [0.25, 0.3) is 0 Å². The first-order valence-corrected chi connectivity index (χ1v) is 6.81. The molecule has 2 atom stereocenters. The summed E-state index contributed by atoms with van der Waals surface area (Å²) in [6, 6.07) is 6.25. The van der Waals surface area contributed by atoms with Gasteiger partial charge in [-0.1, -0.05) is 13.8 Å². The molecule has 106 valence electrons. The fraction of sp³-hybridized carbons (Fsp3) is 0.600. The quantitative estimate of drug-likeness (QED) is 0.881. The van der Waals surface area contributed by atoms with E-state index in [0.29, 0.717) is 12.5 Å². The second-order valence-corrected chi connectivity index (χ2v) is 5.68. The number of rotatable bonds is 4. The van der Waals surface area contributed by atoms with E-state index in [4.69, 9.17) is 4.74 Å². The third-order valence-corrected chi connectivity index (χ3v) is 3.80. The largest absolute Gasteiger partial charge is 0.394 e. The molecule has 1 aromatic rings. The van der Waals surface area contributed by atoms with E-state index < -0.39 is 0 Å². The molecule has 0 amide bonds. The van der Waals surface area contributed by atoms with Crippen molar-refractivity contribution in [3.05, 3.63) is 30.1 Å². The molecule has 2 unspecified atom stereocenters. The maximum Gasteiger partial charge on any atom is 0.123 e. The van der Waals surface area contributed by atoms with Crippen LogP contribution in [0.15, 0.2) is 24.3 Å². The normalized spacial score (nSPS) is 27.5. The molecule has 1 saturated heterocycles. The Morgan fingerprint density at radius 1 is 1.42 bits per heavy atom. The van der Waals surface area contributed by atoms with Gasteiger partial charge in [-0.05, 0) is 43.0 Å². The summed E-state index contributed by atoms with van der Waals surface area (Å²) < 4.78 is 18.7. The summed E-state index contributed by atoms with van der Waals surface area (Å²) >= 11 is 0. The Hall–Kier alpha value is -1.13. The van der Waals surface area contributed by atoms with Gasteiger partial charge in [-0.15, -0.1) is 0 Å². The molecule has 0 aromatic heterocycles. The third kappa shape index (κ3) is 3.45. The van der Waals surface area contributed by atoms with Gasteiger partial charge in [0.05, 0.1) is 18.2 Å². The van der Waals surface area contributed by atoms with Crippen LogP contribution in [-0.2, 0) is 4.74 Å². The summed E-state index contributed by atoms with van der Waals surface area (Å²) in [6.45, 7) is 4.93. The number of halogens is 1. The molecule has 19 heavy (non-hydrogen) atoms. The second-order valence-electron chi connectivity index (χ2n) is 5.68. The first-order valence-electron chi connectivity index (χ1n) is 6.81. The Labute approximate surface area is 113 Å². The molecule has 0 bridgehead atoms.